The maximum Gasteiger partial charge on any atom is 0.322 e. The van der Waals surface area contributed by atoms with E-state index in [0.29, 0.717) is 12.1 Å². The van der Waals surface area contributed by atoms with Crippen LogP contribution in [0.5, 0.6) is 5.88 Å². The van der Waals surface area contributed by atoms with Crippen molar-refractivity contribution >= 4 is 11.9 Å². The Labute approximate surface area is 134 Å². The van der Waals surface area contributed by atoms with Gasteiger partial charge in [0.15, 0.2) is 0 Å². The molecule has 0 aromatic carbocycles. The SMILES string of the molecule is CCC(C)c1c(OC(=O)CC(N)=O)nc(C(C)C)c(=O)n1OC. The molecule has 0 aliphatic carbocycles. The first-order valence-electron chi connectivity index (χ1n) is 7.43. The molecule has 1 atom stereocenters. The monoisotopic (exact) mass is 325 g/mol. The van der Waals surface area contributed by atoms with Gasteiger partial charge in [-0.1, -0.05) is 27.7 Å². The molecule has 0 fully saturated rings. The second-order valence-electron chi connectivity index (χ2n) is 5.55. The standard InChI is InChI=1S/C15H23N3O5/c1-6-9(4)13-14(23-11(20)7-10(16)19)17-12(8(2)3)15(21)18(13)22-5/h8-9H,6-7H2,1-5H3,(H2,16,19). The molecular formula is C15H23N3O5. The molecule has 0 radical (unpaired) electrons. The predicted octanol–water partition coefficient (Wildman–Crippen LogP) is 0.719. The highest BCUT2D eigenvalue weighted by molar-refractivity contribution is 5.94. The maximum atomic E-state index is 12.5. The fourth-order valence-corrected chi connectivity index (χ4v) is 2.04. The Balaban J connectivity index is 3.51. The van der Waals surface area contributed by atoms with Crippen molar-refractivity contribution in [3.63, 3.8) is 0 Å². The molecule has 2 N–H and O–H groups in total. The lowest BCUT2D eigenvalue weighted by Crippen LogP contribution is -2.34. The summed E-state index contributed by atoms with van der Waals surface area (Å²) in [5.74, 6) is -2.00. The van der Waals surface area contributed by atoms with Crippen molar-refractivity contribution in [3.8, 4) is 5.88 Å². The summed E-state index contributed by atoms with van der Waals surface area (Å²) in [6.07, 6.45) is 0.108. The van der Waals surface area contributed by atoms with E-state index in [2.05, 4.69) is 4.98 Å². The van der Waals surface area contributed by atoms with E-state index in [9.17, 15) is 14.4 Å². The Kier molecular flexibility index (Phi) is 6.29. The first kappa shape index (κ1) is 18.7. The normalized spacial score (nSPS) is 12.1. The molecule has 0 saturated heterocycles. The van der Waals surface area contributed by atoms with Crippen molar-refractivity contribution in [1.29, 1.82) is 0 Å². The van der Waals surface area contributed by atoms with Crippen molar-refractivity contribution < 1.29 is 19.2 Å². The highest BCUT2D eigenvalue weighted by Gasteiger charge is 2.25. The van der Waals surface area contributed by atoms with E-state index in [1.807, 2.05) is 13.8 Å². The fraction of sp³-hybridized carbons (Fsp3) is 0.600. The number of nitrogens with two attached hydrogens (primary N) is 1. The molecule has 128 valence electrons. The molecule has 23 heavy (non-hydrogen) atoms. The van der Waals surface area contributed by atoms with Crippen LogP contribution in [-0.2, 0) is 9.59 Å². The fourth-order valence-electron chi connectivity index (χ4n) is 2.04. The zero-order valence-electron chi connectivity index (χ0n) is 14.1. The van der Waals surface area contributed by atoms with E-state index in [1.54, 1.807) is 13.8 Å². The molecule has 0 spiro atoms. The van der Waals surface area contributed by atoms with Crippen LogP contribution in [0.15, 0.2) is 4.79 Å². The van der Waals surface area contributed by atoms with Crippen LogP contribution >= 0.6 is 0 Å². The molecule has 1 rings (SSSR count). The number of carbonyl (C=O) groups excluding carboxylic acids is 2. The number of nitrogens with zero attached hydrogens (tertiary/aromatic N) is 2. The quantitative estimate of drug-likeness (QED) is 0.583. The molecule has 1 unspecified atom stereocenters. The third kappa shape index (κ3) is 4.30. The summed E-state index contributed by atoms with van der Waals surface area (Å²) in [4.78, 5) is 44.4. The van der Waals surface area contributed by atoms with Gasteiger partial charge in [0.2, 0.25) is 11.8 Å². The van der Waals surface area contributed by atoms with Crippen molar-refractivity contribution in [2.75, 3.05) is 7.11 Å². The molecule has 1 heterocycles. The van der Waals surface area contributed by atoms with E-state index in [1.165, 1.54) is 7.11 Å². The largest absolute Gasteiger partial charge is 0.414 e. The highest BCUT2D eigenvalue weighted by Crippen LogP contribution is 2.27. The van der Waals surface area contributed by atoms with Gasteiger partial charge in [-0.25, -0.2) is 4.98 Å². The molecule has 8 heteroatoms. The van der Waals surface area contributed by atoms with Crippen molar-refractivity contribution in [1.82, 2.24) is 9.71 Å². The minimum Gasteiger partial charge on any atom is -0.414 e. The van der Waals surface area contributed by atoms with Gasteiger partial charge in [-0.3, -0.25) is 14.4 Å². The van der Waals surface area contributed by atoms with Gasteiger partial charge in [0.05, 0.1) is 0 Å². The van der Waals surface area contributed by atoms with E-state index < -0.39 is 23.9 Å². The van der Waals surface area contributed by atoms with Gasteiger partial charge in [0.25, 0.3) is 0 Å². The summed E-state index contributed by atoms with van der Waals surface area (Å²) in [5, 5.41) is 0. The summed E-state index contributed by atoms with van der Waals surface area (Å²) in [5.41, 5.74) is 5.15. The summed E-state index contributed by atoms with van der Waals surface area (Å²) < 4.78 is 6.26. The van der Waals surface area contributed by atoms with Crippen LogP contribution in [0.25, 0.3) is 0 Å². The van der Waals surface area contributed by atoms with Crippen LogP contribution in [0.1, 0.15) is 63.8 Å². The van der Waals surface area contributed by atoms with Crippen molar-refractivity contribution in [3.05, 3.63) is 21.7 Å². The molecule has 1 aromatic heterocycles. The van der Waals surface area contributed by atoms with Gasteiger partial charge in [-0.2, -0.15) is 0 Å². The molecule has 1 amide bonds. The van der Waals surface area contributed by atoms with Gasteiger partial charge in [0.1, 0.15) is 24.9 Å². The number of carbonyl (C=O) groups is 2. The zero-order valence-corrected chi connectivity index (χ0v) is 14.1. The summed E-state index contributed by atoms with van der Waals surface area (Å²) in [6.45, 7) is 7.36. The summed E-state index contributed by atoms with van der Waals surface area (Å²) >= 11 is 0. The van der Waals surface area contributed by atoms with Gasteiger partial charge >= 0.3 is 11.5 Å². The minimum atomic E-state index is -0.828. The first-order chi connectivity index (χ1) is 10.7. The minimum absolute atomic E-state index is 0.0317. The third-order valence-corrected chi connectivity index (χ3v) is 3.40. The molecule has 0 bridgehead atoms. The van der Waals surface area contributed by atoms with Crippen LogP contribution < -0.4 is 20.9 Å². The van der Waals surface area contributed by atoms with Crippen LogP contribution in [0.2, 0.25) is 0 Å². The van der Waals surface area contributed by atoms with Gasteiger partial charge in [-0.15, -0.1) is 4.73 Å². The van der Waals surface area contributed by atoms with E-state index >= 15 is 0 Å². The van der Waals surface area contributed by atoms with Crippen molar-refractivity contribution in [2.24, 2.45) is 5.73 Å². The third-order valence-electron chi connectivity index (χ3n) is 3.40. The van der Waals surface area contributed by atoms with Crippen molar-refractivity contribution in [2.45, 2.75) is 52.4 Å². The van der Waals surface area contributed by atoms with Gasteiger partial charge < -0.3 is 15.3 Å². The average molecular weight is 325 g/mol. The molecule has 0 aliphatic heterocycles. The topological polar surface area (TPSA) is 114 Å². The Morgan fingerprint density at radius 2 is 1.91 bits per heavy atom. The summed E-state index contributed by atoms with van der Waals surface area (Å²) in [6, 6.07) is 0. The number of amides is 1. The maximum absolute atomic E-state index is 12.5. The van der Waals surface area contributed by atoms with Crippen LogP contribution in [0.3, 0.4) is 0 Å². The second-order valence-corrected chi connectivity index (χ2v) is 5.55. The van der Waals surface area contributed by atoms with Gasteiger partial charge in [0, 0.05) is 11.8 Å². The molecular weight excluding hydrogens is 302 g/mol. The number of hydrogen-bond acceptors (Lipinski definition) is 6. The Bertz CT molecular complexity index is 651. The number of esters is 1. The molecule has 1 aromatic rings. The Hall–Kier alpha value is -2.38. The number of ether oxygens (including phenoxy) is 1. The molecule has 8 nitrogen and oxygen atoms in total. The van der Waals surface area contributed by atoms with E-state index in [4.69, 9.17) is 15.3 Å². The smallest absolute Gasteiger partial charge is 0.322 e. The zero-order chi connectivity index (χ0) is 17.7. The number of aromatic nitrogens is 2. The predicted molar refractivity (Wildman–Crippen MR) is 83.2 cm³/mol. The lowest BCUT2D eigenvalue weighted by Gasteiger charge is -2.20. The number of primary amides is 1. The van der Waals surface area contributed by atoms with Crippen LogP contribution in [0, 0.1) is 0 Å². The lowest BCUT2D eigenvalue weighted by atomic mass is 10.0. The average Bonchev–Trinajstić information content (AvgIpc) is 2.46. The van der Waals surface area contributed by atoms with Crippen LogP contribution in [0.4, 0.5) is 0 Å². The van der Waals surface area contributed by atoms with Gasteiger partial charge in [-0.05, 0) is 6.42 Å². The second kappa shape index (κ2) is 7.75. The number of hydrogen-bond donors (Lipinski definition) is 1. The number of rotatable bonds is 7. The van der Waals surface area contributed by atoms with Crippen LogP contribution in [-0.4, -0.2) is 28.7 Å². The Morgan fingerprint density at radius 1 is 1.30 bits per heavy atom. The highest BCUT2D eigenvalue weighted by atomic mass is 16.7. The van der Waals surface area contributed by atoms with E-state index in [-0.39, 0.29) is 23.4 Å². The first-order valence-corrected chi connectivity index (χ1v) is 7.43. The lowest BCUT2D eigenvalue weighted by molar-refractivity contribution is -0.138. The molecule has 0 aliphatic rings. The van der Waals surface area contributed by atoms with E-state index in [0.717, 1.165) is 4.73 Å². The Morgan fingerprint density at radius 3 is 2.35 bits per heavy atom. The molecule has 0 saturated carbocycles. The summed E-state index contributed by atoms with van der Waals surface area (Å²) in [7, 11) is 1.35.